The molecule has 0 bridgehead atoms. The quantitative estimate of drug-likeness (QED) is 0.859. The fraction of sp³-hybridized carbons (Fsp3) is 0.154. The van der Waals surface area contributed by atoms with E-state index in [-0.39, 0.29) is 11.4 Å². The summed E-state index contributed by atoms with van der Waals surface area (Å²) < 4.78 is 43.7. The van der Waals surface area contributed by atoms with Gasteiger partial charge in [0.05, 0.1) is 29.2 Å². The second kappa shape index (κ2) is 5.80. The number of halogens is 4. The highest BCUT2D eigenvalue weighted by Crippen LogP contribution is 2.34. The minimum Gasteiger partial charge on any atom is -0.496 e. The molecule has 2 rings (SSSR count). The lowest BCUT2D eigenvalue weighted by Gasteiger charge is -2.13. The number of nitrogens with one attached hydrogen (secondary N) is 1. The van der Waals surface area contributed by atoms with E-state index in [0.717, 1.165) is 12.3 Å². The smallest absolute Gasteiger partial charge is 0.433 e. The minimum atomic E-state index is -4.52. The van der Waals surface area contributed by atoms with Crippen molar-refractivity contribution in [3.8, 4) is 5.75 Å². The van der Waals surface area contributed by atoms with Crippen LogP contribution in [0.25, 0.3) is 0 Å². The summed E-state index contributed by atoms with van der Waals surface area (Å²) in [7, 11) is 1.52. The first-order chi connectivity index (χ1) is 9.81. The Balaban J connectivity index is 2.33. The molecular weight excluding hydrogens is 351 g/mol. The van der Waals surface area contributed by atoms with Gasteiger partial charge < -0.3 is 15.8 Å². The van der Waals surface area contributed by atoms with Crippen molar-refractivity contribution >= 4 is 33.0 Å². The summed E-state index contributed by atoms with van der Waals surface area (Å²) in [6.07, 6.45) is -3.55. The van der Waals surface area contributed by atoms with Crippen molar-refractivity contribution < 1.29 is 17.9 Å². The fourth-order valence-electron chi connectivity index (χ4n) is 1.63. The van der Waals surface area contributed by atoms with Crippen LogP contribution in [0.3, 0.4) is 0 Å². The summed E-state index contributed by atoms with van der Waals surface area (Å²) in [5.74, 6) is 0.610. The maximum absolute atomic E-state index is 12.6. The van der Waals surface area contributed by atoms with Crippen LogP contribution in [0.1, 0.15) is 5.69 Å². The molecule has 1 aromatic heterocycles. The molecule has 0 amide bonds. The largest absolute Gasteiger partial charge is 0.496 e. The Hall–Kier alpha value is -1.96. The molecule has 3 N–H and O–H groups in total. The highest BCUT2D eigenvalue weighted by molar-refractivity contribution is 9.10. The first-order valence-electron chi connectivity index (χ1n) is 5.74. The van der Waals surface area contributed by atoms with Crippen molar-refractivity contribution in [1.82, 2.24) is 4.98 Å². The van der Waals surface area contributed by atoms with Crippen LogP contribution in [0, 0.1) is 0 Å². The van der Waals surface area contributed by atoms with Crippen molar-refractivity contribution in [2.24, 2.45) is 0 Å². The Morgan fingerprint density at radius 3 is 2.57 bits per heavy atom. The van der Waals surface area contributed by atoms with Crippen molar-refractivity contribution in [1.29, 1.82) is 0 Å². The number of ether oxygens (including phenoxy) is 1. The molecule has 0 aliphatic heterocycles. The predicted octanol–water partition coefficient (Wildman–Crippen LogP) is 4.20. The lowest BCUT2D eigenvalue weighted by molar-refractivity contribution is -0.141. The standard InChI is InChI=1S/C13H11BrF3N3O/c1-21-11-3-2-7(4-8(11)14)20-10-5-12(13(15,16)17)19-6-9(10)18/h2-6H,18H2,1H3,(H,19,20). The second-order valence-electron chi connectivity index (χ2n) is 4.13. The molecule has 0 saturated heterocycles. The number of hydrogen-bond donors (Lipinski definition) is 2. The maximum Gasteiger partial charge on any atom is 0.433 e. The number of benzene rings is 1. The monoisotopic (exact) mass is 361 g/mol. The molecule has 1 heterocycles. The lowest BCUT2D eigenvalue weighted by Crippen LogP contribution is -2.09. The van der Waals surface area contributed by atoms with Crippen LogP contribution in [0.2, 0.25) is 0 Å². The molecule has 0 saturated carbocycles. The number of methoxy groups -OCH3 is 1. The number of nitrogen functional groups attached to an aromatic ring is 1. The summed E-state index contributed by atoms with van der Waals surface area (Å²) in [6, 6.07) is 5.88. The van der Waals surface area contributed by atoms with Gasteiger partial charge in [-0.05, 0) is 40.2 Å². The molecule has 0 aliphatic carbocycles. The average molecular weight is 362 g/mol. The van der Waals surface area contributed by atoms with Gasteiger partial charge in [0.15, 0.2) is 0 Å². The maximum atomic E-state index is 12.6. The van der Waals surface area contributed by atoms with Crippen molar-refractivity contribution in [3.05, 3.63) is 40.6 Å². The number of alkyl halides is 3. The van der Waals surface area contributed by atoms with Crippen molar-refractivity contribution in [2.45, 2.75) is 6.18 Å². The number of nitrogens with two attached hydrogens (primary N) is 1. The van der Waals surface area contributed by atoms with Crippen molar-refractivity contribution in [2.75, 3.05) is 18.2 Å². The summed E-state index contributed by atoms with van der Waals surface area (Å²) in [5.41, 5.74) is 5.46. The second-order valence-corrected chi connectivity index (χ2v) is 4.98. The van der Waals surface area contributed by atoms with E-state index in [1.807, 2.05) is 0 Å². The number of nitrogens with zero attached hydrogens (tertiary/aromatic N) is 1. The average Bonchev–Trinajstić information content (AvgIpc) is 2.40. The van der Waals surface area contributed by atoms with Crippen LogP contribution in [0.15, 0.2) is 34.9 Å². The zero-order valence-electron chi connectivity index (χ0n) is 10.8. The Labute approximate surface area is 127 Å². The molecule has 0 spiro atoms. The Kier molecular flexibility index (Phi) is 4.26. The zero-order valence-corrected chi connectivity index (χ0v) is 12.4. The van der Waals surface area contributed by atoms with E-state index in [4.69, 9.17) is 10.5 Å². The van der Waals surface area contributed by atoms with Crippen LogP contribution in [0.4, 0.5) is 30.2 Å². The van der Waals surface area contributed by atoms with E-state index >= 15 is 0 Å². The van der Waals surface area contributed by atoms with Crippen LogP contribution >= 0.6 is 15.9 Å². The van der Waals surface area contributed by atoms with E-state index in [0.29, 0.717) is 15.9 Å². The van der Waals surface area contributed by atoms with Gasteiger partial charge in [-0.1, -0.05) is 0 Å². The molecule has 0 fully saturated rings. The molecule has 8 heteroatoms. The Bertz CT molecular complexity index is 662. The summed E-state index contributed by atoms with van der Waals surface area (Å²) in [5, 5.41) is 2.83. The number of rotatable bonds is 3. The molecule has 21 heavy (non-hydrogen) atoms. The first kappa shape index (κ1) is 15.4. The molecule has 2 aromatic rings. The van der Waals surface area contributed by atoms with Gasteiger partial charge >= 0.3 is 6.18 Å². The molecule has 0 unspecified atom stereocenters. The third-order valence-corrected chi connectivity index (χ3v) is 3.28. The molecule has 4 nitrogen and oxygen atoms in total. The topological polar surface area (TPSA) is 60.2 Å². The van der Waals surface area contributed by atoms with Gasteiger partial charge in [-0.2, -0.15) is 13.2 Å². The van der Waals surface area contributed by atoms with Gasteiger partial charge in [0, 0.05) is 5.69 Å². The summed E-state index contributed by atoms with van der Waals surface area (Å²) >= 11 is 3.30. The third-order valence-electron chi connectivity index (χ3n) is 2.66. The summed E-state index contributed by atoms with van der Waals surface area (Å²) in [6.45, 7) is 0. The SMILES string of the molecule is COc1ccc(Nc2cc(C(F)(F)F)ncc2N)cc1Br. The number of hydrogen-bond acceptors (Lipinski definition) is 4. The van der Waals surface area contributed by atoms with Crippen LogP contribution in [0.5, 0.6) is 5.75 Å². The first-order valence-corrected chi connectivity index (χ1v) is 6.54. The third kappa shape index (κ3) is 3.57. The predicted molar refractivity (Wildman–Crippen MR) is 77.6 cm³/mol. The molecule has 0 aliphatic rings. The van der Waals surface area contributed by atoms with E-state index in [1.165, 1.54) is 7.11 Å². The highest BCUT2D eigenvalue weighted by Gasteiger charge is 2.32. The molecule has 0 radical (unpaired) electrons. The molecule has 1 aromatic carbocycles. The van der Waals surface area contributed by atoms with Crippen LogP contribution in [-0.4, -0.2) is 12.1 Å². The van der Waals surface area contributed by atoms with E-state index in [9.17, 15) is 13.2 Å². The van der Waals surface area contributed by atoms with Crippen molar-refractivity contribution in [3.63, 3.8) is 0 Å². The van der Waals surface area contributed by atoms with Gasteiger partial charge in [-0.15, -0.1) is 0 Å². The van der Waals surface area contributed by atoms with Gasteiger partial charge in [0.2, 0.25) is 0 Å². The van der Waals surface area contributed by atoms with Gasteiger partial charge in [-0.25, -0.2) is 4.98 Å². The van der Waals surface area contributed by atoms with Crippen LogP contribution < -0.4 is 15.8 Å². The number of anilines is 3. The zero-order chi connectivity index (χ0) is 15.6. The minimum absolute atomic E-state index is 0.120. The van der Waals surface area contributed by atoms with Gasteiger partial charge in [0.25, 0.3) is 0 Å². The number of aromatic nitrogens is 1. The van der Waals surface area contributed by atoms with E-state index in [1.54, 1.807) is 18.2 Å². The lowest BCUT2D eigenvalue weighted by atomic mass is 10.2. The number of pyridine rings is 1. The summed E-state index contributed by atoms with van der Waals surface area (Å²) in [4.78, 5) is 3.28. The van der Waals surface area contributed by atoms with Crippen LogP contribution in [-0.2, 0) is 6.18 Å². The molecular formula is C13H11BrF3N3O. The van der Waals surface area contributed by atoms with Gasteiger partial charge in [-0.3, -0.25) is 0 Å². The molecule has 112 valence electrons. The fourth-order valence-corrected chi connectivity index (χ4v) is 2.17. The van der Waals surface area contributed by atoms with Gasteiger partial charge in [0.1, 0.15) is 11.4 Å². The Morgan fingerprint density at radius 1 is 1.29 bits per heavy atom. The normalized spacial score (nSPS) is 11.3. The molecule has 0 atom stereocenters. The Morgan fingerprint density at radius 2 is 2.00 bits per heavy atom. The highest BCUT2D eigenvalue weighted by atomic mass is 79.9. The van der Waals surface area contributed by atoms with E-state index in [2.05, 4.69) is 26.2 Å². The van der Waals surface area contributed by atoms with E-state index < -0.39 is 11.9 Å².